The smallest absolute Gasteiger partial charge is 0.328 e. The molecule has 1 aliphatic rings. The van der Waals surface area contributed by atoms with Crippen LogP contribution in [0.5, 0.6) is 0 Å². The van der Waals surface area contributed by atoms with Crippen molar-refractivity contribution in [3.8, 4) is 0 Å². The average molecular weight is 263 g/mol. The third-order valence-corrected chi connectivity index (χ3v) is 3.22. The van der Waals surface area contributed by atoms with Gasteiger partial charge < -0.3 is 10.0 Å². The van der Waals surface area contributed by atoms with Crippen LogP contribution in [-0.2, 0) is 11.3 Å². The summed E-state index contributed by atoms with van der Waals surface area (Å²) in [6.45, 7) is 1.75. The first kappa shape index (κ1) is 13.7. The minimum Gasteiger partial charge on any atom is -0.478 e. The van der Waals surface area contributed by atoms with Gasteiger partial charge in [0, 0.05) is 19.2 Å². The van der Waals surface area contributed by atoms with Gasteiger partial charge in [-0.2, -0.15) is 0 Å². The standard InChI is InChI=1S/C15H18FNO2/c1-17(9-11-2-3-11)10-13-4-6-14(16)8-12(13)5-7-15(18)19/h4-8,11H,2-3,9-10H2,1H3,(H,18,19)/b7-5+. The van der Waals surface area contributed by atoms with Crippen molar-refractivity contribution in [1.82, 2.24) is 4.90 Å². The molecule has 1 aromatic rings. The number of carboxylic acid groups (broad SMARTS) is 1. The summed E-state index contributed by atoms with van der Waals surface area (Å²) in [6, 6.07) is 4.51. The Labute approximate surface area is 112 Å². The minimum atomic E-state index is -1.03. The summed E-state index contributed by atoms with van der Waals surface area (Å²) in [6.07, 6.45) is 5.07. The number of rotatable bonds is 6. The van der Waals surface area contributed by atoms with E-state index in [4.69, 9.17) is 5.11 Å². The first-order valence-corrected chi connectivity index (χ1v) is 6.42. The molecule has 0 aromatic heterocycles. The molecule has 0 bridgehead atoms. The van der Waals surface area contributed by atoms with Crippen molar-refractivity contribution in [2.75, 3.05) is 13.6 Å². The van der Waals surface area contributed by atoms with Crippen LogP contribution in [0.4, 0.5) is 4.39 Å². The highest BCUT2D eigenvalue weighted by atomic mass is 19.1. The van der Waals surface area contributed by atoms with E-state index in [0.29, 0.717) is 12.1 Å². The van der Waals surface area contributed by atoms with Gasteiger partial charge in [-0.15, -0.1) is 0 Å². The summed E-state index contributed by atoms with van der Waals surface area (Å²) in [5.41, 5.74) is 1.58. The lowest BCUT2D eigenvalue weighted by molar-refractivity contribution is -0.131. The Morgan fingerprint density at radius 3 is 2.89 bits per heavy atom. The van der Waals surface area contributed by atoms with Crippen LogP contribution in [0.1, 0.15) is 24.0 Å². The van der Waals surface area contributed by atoms with Crippen molar-refractivity contribution in [3.63, 3.8) is 0 Å². The summed E-state index contributed by atoms with van der Waals surface area (Å²) in [7, 11) is 2.03. The number of carbonyl (C=O) groups is 1. The van der Waals surface area contributed by atoms with Gasteiger partial charge >= 0.3 is 5.97 Å². The molecule has 0 unspecified atom stereocenters. The second-order valence-corrected chi connectivity index (χ2v) is 5.15. The Bertz CT molecular complexity index is 495. The lowest BCUT2D eigenvalue weighted by atomic mass is 10.1. The SMILES string of the molecule is CN(Cc1ccc(F)cc1/C=C/C(=O)O)CC1CC1. The summed E-state index contributed by atoms with van der Waals surface area (Å²) >= 11 is 0. The molecular formula is C15H18FNO2. The number of benzene rings is 1. The summed E-state index contributed by atoms with van der Waals surface area (Å²) in [5, 5.41) is 8.65. The van der Waals surface area contributed by atoms with Gasteiger partial charge in [0.2, 0.25) is 0 Å². The quantitative estimate of drug-likeness (QED) is 0.802. The Kier molecular flexibility index (Phi) is 4.32. The first-order chi connectivity index (χ1) is 9.04. The van der Waals surface area contributed by atoms with E-state index in [1.54, 1.807) is 6.07 Å². The van der Waals surface area contributed by atoms with Gasteiger partial charge in [-0.25, -0.2) is 9.18 Å². The highest BCUT2D eigenvalue weighted by Gasteiger charge is 2.22. The molecule has 0 amide bonds. The maximum absolute atomic E-state index is 13.2. The van der Waals surface area contributed by atoms with Crippen molar-refractivity contribution < 1.29 is 14.3 Å². The van der Waals surface area contributed by atoms with Gasteiger partial charge in [0.1, 0.15) is 5.82 Å². The maximum Gasteiger partial charge on any atom is 0.328 e. The molecule has 0 atom stereocenters. The highest BCUT2D eigenvalue weighted by molar-refractivity contribution is 5.85. The Morgan fingerprint density at radius 2 is 2.26 bits per heavy atom. The summed E-state index contributed by atoms with van der Waals surface area (Å²) < 4.78 is 13.2. The molecule has 19 heavy (non-hydrogen) atoms. The second-order valence-electron chi connectivity index (χ2n) is 5.15. The maximum atomic E-state index is 13.2. The molecule has 3 nitrogen and oxygen atoms in total. The van der Waals surface area contributed by atoms with Crippen molar-refractivity contribution in [2.24, 2.45) is 5.92 Å². The molecule has 1 aliphatic carbocycles. The van der Waals surface area contributed by atoms with E-state index in [-0.39, 0.29) is 5.82 Å². The predicted molar refractivity (Wildman–Crippen MR) is 72.1 cm³/mol. The number of halogens is 1. The lowest BCUT2D eigenvalue weighted by Crippen LogP contribution is -2.20. The van der Waals surface area contributed by atoms with Crippen molar-refractivity contribution in [2.45, 2.75) is 19.4 Å². The molecule has 0 heterocycles. The number of hydrogen-bond donors (Lipinski definition) is 1. The van der Waals surface area contributed by atoms with Gasteiger partial charge in [0.05, 0.1) is 0 Å². The molecule has 102 valence electrons. The molecule has 1 N–H and O–H groups in total. The van der Waals surface area contributed by atoms with Crippen molar-refractivity contribution in [1.29, 1.82) is 0 Å². The number of aliphatic carboxylic acids is 1. The minimum absolute atomic E-state index is 0.348. The largest absolute Gasteiger partial charge is 0.478 e. The monoisotopic (exact) mass is 263 g/mol. The highest BCUT2D eigenvalue weighted by Crippen LogP contribution is 2.29. The molecule has 0 aliphatic heterocycles. The zero-order valence-corrected chi connectivity index (χ0v) is 11.0. The fourth-order valence-corrected chi connectivity index (χ4v) is 2.12. The fourth-order valence-electron chi connectivity index (χ4n) is 2.12. The molecule has 0 saturated heterocycles. The van der Waals surface area contributed by atoms with Crippen molar-refractivity contribution in [3.05, 3.63) is 41.2 Å². The van der Waals surface area contributed by atoms with Crippen LogP contribution in [0.25, 0.3) is 6.08 Å². The van der Waals surface area contributed by atoms with E-state index >= 15 is 0 Å². The van der Waals surface area contributed by atoms with Gasteiger partial charge in [0.15, 0.2) is 0 Å². The van der Waals surface area contributed by atoms with Gasteiger partial charge in [-0.1, -0.05) is 6.07 Å². The normalized spacial score (nSPS) is 15.3. The molecule has 1 aromatic carbocycles. The predicted octanol–water partition coefficient (Wildman–Crippen LogP) is 2.77. The van der Waals surface area contributed by atoms with Crippen LogP contribution in [0.3, 0.4) is 0 Å². The Hall–Kier alpha value is -1.68. The molecule has 1 fully saturated rings. The number of carboxylic acids is 1. The van der Waals surface area contributed by atoms with Crippen LogP contribution < -0.4 is 0 Å². The topological polar surface area (TPSA) is 40.5 Å². The van der Waals surface area contributed by atoms with E-state index in [1.807, 2.05) is 7.05 Å². The van der Waals surface area contributed by atoms with Crippen LogP contribution in [0.15, 0.2) is 24.3 Å². The lowest BCUT2D eigenvalue weighted by Gasteiger charge is -2.17. The Balaban J connectivity index is 2.10. The summed E-state index contributed by atoms with van der Waals surface area (Å²) in [4.78, 5) is 12.8. The van der Waals surface area contributed by atoms with Gasteiger partial charge in [-0.05, 0) is 55.1 Å². The first-order valence-electron chi connectivity index (χ1n) is 6.42. The van der Waals surface area contributed by atoms with E-state index in [1.165, 1.54) is 31.1 Å². The number of hydrogen-bond acceptors (Lipinski definition) is 2. The third-order valence-electron chi connectivity index (χ3n) is 3.22. The van der Waals surface area contributed by atoms with Crippen LogP contribution in [-0.4, -0.2) is 29.6 Å². The Morgan fingerprint density at radius 1 is 1.53 bits per heavy atom. The molecule has 0 spiro atoms. The third kappa shape index (κ3) is 4.48. The van der Waals surface area contributed by atoms with E-state index in [0.717, 1.165) is 24.1 Å². The van der Waals surface area contributed by atoms with E-state index < -0.39 is 5.97 Å². The summed E-state index contributed by atoms with van der Waals surface area (Å²) in [5.74, 6) is -0.580. The molecule has 4 heteroatoms. The van der Waals surface area contributed by atoms with E-state index in [9.17, 15) is 9.18 Å². The van der Waals surface area contributed by atoms with Gasteiger partial charge in [-0.3, -0.25) is 0 Å². The zero-order valence-electron chi connectivity index (χ0n) is 11.0. The molecule has 0 radical (unpaired) electrons. The van der Waals surface area contributed by atoms with Crippen LogP contribution in [0.2, 0.25) is 0 Å². The molecular weight excluding hydrogens is 245 g/mol. The average Bonchev–Trinajstić information content (AvgIpc) is 3.13. The van der Waals surface area contributed by atoms with E-state index in [2.05, 4.69) is 4.90 Å². The fraction of sp³-hybridized carbons (Fsp3) is 0.400. The second kappa shape index (κ2) is 5.97. The molecule has 1 saturated carbocycles. The zero-order chi connectivity index (χ0) is 13.8. The van der Waals surface area contributed by atoms with Crippen LogP contribution in [0, 0.1) is 11.7 Å². The number of nitrogens with zero attached hydrogens (tertiary/aromatic N) is 1. The van der Waals surface area contributed by atoms with Crippen molar-refractivity contribution >= 4 is 12.0 Å². The van der Waals surface area contributed by atoms with Crippen LogP contribution >= 0.6 is 0 Å². The van der Waals surface area contributed by atoms with Gasteiger partial charge in [0.25, 0.3) is 0 Å². The molecule has 2 rings (SSSR count).